The van der Waals surface area contributed by atoms with Crippen LogP contribution in [0.4, 0.5) is 5.95 Å². The van der Waals surface area contributed by atoms with E-state index in [-0.39, 0.29) is 17.1 Å². The number of aromatic nitrogens is 3. The van der Waals surface area contributed by atoms with Gasteiger partial charge >= 0.3 is 5.69 Å². The van der Waals surface area contributed by atoms with E-state index < -0.39 is 47.7 Å². The van der Waals surface area contributed by atoms with Gasteiger partial charge in [-0.05, 0) is 48.5 Å². The molecule has 1 saturated heterocycles. The molecule has 1 aromatic heterocycles. The van der Waals surface area contributed by atoms with Gasteiger partial charge in [0.2, 0.25) is 5.95 Å². The van der Waals surface area contributed by atoms with Crippen LogP contribution in [0.2, 0.25) is 10.0 Å². The second-order valence-electron chi connectivity index (χ2n) is 7.70. The van der Waals surface area contributed by atoms with Crippen molar-refractivity contribution in [3.8, 4) is 0 Å². The number of benzene rings is 2. The molecule has 0 radical (unpaired) electrons. The van der Waals surface area contributed by atoms with Crippen LogP contribution in [0.5, 0.6) is 0 Å². The molecule has 1 unspecified atom stereocenters. The topological polar surface area (TPSA) is 158 Å². The molecule has 4 rings (SSSR count). The normalized spacial score (nSPS) is 22.9. The predicted octanol–water partition coefficient (Wildman–Crippen LogP) is 1.67. The first-order valence-electron chi connectivity index (χ1n) is 9.97. The SMILES string of the molecule is Nc1ncn([C@H]2C[C@@](O)(C(=O)c3ccc(Cl)cc3)[C@@H](C(O)C(=O)c3ccc(Cl)cc3)O2)c(=O)n1. The molecule has 0 spiro atoms. The van der Waals surface area contributed by atoms with E-state index in [2.05, 4.69) is 9.97 Å². The van der Waals surface area contributed by atoms with E-state index >= 15 is 0 Å². The molecule has 0 amide bonds. The molecule has 0 bridgehead atoms. The lowest BCUT2D eigenvalue weighted by atomic mass is 9.82. The third-order valence-electron chi connectivity index (χ3n) is 5.50. The van der Waals surface area contributed by atoms with Crippen molar-refractivity contribution in [3.05, 3.63) is 86.5 Å². The van der Waals surface area contributed by atoms with Gasteiger partial charge in [-0.25, -0.2) is 9.78 Å². The number of hydrogen-bond acceptors (Lipinski definition) is 9. The van der Waals surface area contributed by atoms with Gasteiger partial charge in [-0.3, -0.25) is 14.2 Å². The van der Waals surface area contributed by atoms with Crippen LogP contribution in [0.1, 0.15) is 33.4 Å². The highest BCUT2D eigenvalue weighted by Crippen LogP contribution is 2.40. The molecule has 2 heterocycles. The van der Waals surface area contributed by atoms with Crippen molar-refractivity contribution < 1.29 is 24.5 Å². The van der Waals surface area contributed by atoms with Crippen molar-refractivity contribution in [2.24, 2.45) is 0 Å². The Kier molecular flexibility index (Phi) is 6.52. The number of nitrogen functional groups attached to an aromatic ring is 1. The van der Waals surface area contributed by atoms with Gasteiger partial charge in [-0.1, -0.05) is 23.2 Å². The molecule has 3 aromatic rings. The van der Waals surface area contributed by atoms with Crippen molar-refractivity contribution >= 4 is 40.7 Å². The summed E-state index contributed by atoms with van der Waals surface area (Å²) >= 11 is 11.7. The fourth-order valence-electron chi connectivity index (χ4n) is 3.76. The van der Waals surface area contributed by atoms with Gasteiger partial charge in [0, 0.05) is 27.6 Å². The van der Waals surface area contributed by atoms with E-state index in [1.54, 1.807) is 0 Å². The first-order chi connectivity index (χ1) is 16.1. The summed E-state index contributed by atoms with van der Waals surface area (Å²) in [4.78, 5) is 45.9. The van der Waals surface area contributed by atoms with Gasteiger partial charge in [-0.2, -0.15) is 4.98 Å². The Labute approximate surface area is 202 Å². The fraction of sp³-hybridized carbons (Fsp3) is 0.227. The second kappa shape index (κ2) is 9.24. The van der Waals surface area contributed by atoms with Gasteiger partial charge in [0.25, 0.3) is 0 Å². The summed E-state index contributed by atoms with van der Waals surface area (Å²) < 4.78 is 6.64. The Bertz CT molecular complexity index is 1300. The summed E-state index contributed by atoms with van der Waals surface area (Å²) in [5, 5.41) is 23.2. The predicted molar refractivity (Wildman–Crippen MR) is 122 cm³/mol. The fourth-order valence-corrected chi connectivity index (χ4v) is 4.01. The molecular weight excluding hydrogens is 487 g/mol. The Morgan fingerprint density at radius 1 is 1.09 bits per heavy atom. The monoisotopic (exact) mass is 504 g/mol. The quantitative estimate of drug-likeness (QED) is 0.424. The molecule has 1 aliphatic heterocycles. The van der Waals surface area contributed by atoms with Crippen molar-refractivity contribution in [1.29, 1.82) is 0 Å². The number of aliphatic hydroxyl groups is 2. The first-order valence-corrected chi connectivity index (χ1v) is 10.7. The molecule has 12 heteroatoms. The number of halogens is 2. The van der Waals surface area contributed by atoms with E-state index in [1.165, 1.54) is 48.5 Å². The van der Waals surface area contributed by atoms with Crippen LogP contribution in [0.3, 0.4) is 0 Å². The van der Waals surface area contributed by atoms with E-state index in [1.807, 2.05) is 0 Å². The van der Waals surface area contributed by atoms with Crippen molar-refractivity contribution in [2.45, 2.75) is 30.5 Å². The number of aliphatic hydroxyl groups excluding tert-OH is 1. The highest BCUT2D eigenvalue weighted by Gasteiger charge is 2.57. The van der Waals surface area contributed by atoms with Gasteiger partial charge in [0.15, 0.2) is 17.2 Å². The van der Waals surface area contributed by atoms with E-state index in [0.717, 1.165) is 10.9 Å². The second-order valence-corrected chi connectivity index (χ2v) is 8.57. The molecule has 34 heavy (non-hydrogen) atoms. The third-order valence-corrected chi connectivity index (χ3v) is 6.00. The van der Waals surface area contributed by atoms with Crippen LogP contribution in [-0.2, 0) is 4.74 Å². The number of anilines is 1. The number of Topliss-reactive ketones (excluding diaryl/α,β-unsaturated/α-hetero) is 2. The van der Waals surface area contributed by atoms with E-state index in [9.17, 15) is 24.6 Å². The van der Waals surface area contributed by atoms with Crippen LogP contribution in [0, 0.1) is 0 Å². The summed E-state index contributed by atoms with van der Waals surface area (Å²) in [5.74, 6) is -1.92. The first kappa shape index (κ1) is 24.0. The number of ketones is 2. The molecule has 4 N–H and O–H groups in total. The molecule has 0 aliphatic carbocycles. The Morgan fingerprint density at radius 3 is 2.21 bits per heavy atom. The lowest BCUT2D eigenvalue weighted by Gasteiger charge is -2.29. The molecule has 10 nitrogen and oxygen atoms in total. The van der Waals surface area contributed by atoms with E-state index in [0.29, 0.717) is 10.0 Å². The summed E-state index contributed by atoms with van der Waals surface area (Å²) in [6.07, 6.45) is -4.39. The number of carbonyl (C=O) groups excluding carboxylic acids is 2. The number of ether oxygens (including phenoxy) is 1. The van der Waals surface area contributed by atoms with Gasteiger partial charge in [0.05, 0.1) is 0 Å². The standard InChI is InChI=1S/C22H18Cl2N4O6/c23-13-5-1-11(2-6-13)16(29)17(30)19-22(33,18(31)12-3-7-14(24)8-4-12)9-15(34-19)28-10-26-20(25)27-21(28)32/h1-8,10,15,17,19,30,33H,9H2,(H2,25,27,32)/t15-,17?,19-,22-/m1/s1. The average Bonchev–Trinajstić information content (AvgIpc) is 3.17. The van der Waals surface area contributed by atoms with Gasteiger partial charge in [0.1, 0.15) is 24.8 Å². The maximum absolute atomic E-state index is 13.4. The zero-order chi connectivity index (χ0) is 24.6. The van der Waals surface area contributed by atoms with Crippen molar-refractivity contribution in [2.75, 3.05) is 5.73 Å². The highest BCUT2D eigenvalue weighted by molar-refractivity contribution is 6.31. The minimum Gasteiger partial charge on any atom is -0.382 e. The third kappa shape index (κ3) is 4.46. The molecule has 0 saturated carbocycles. The zero-order valence-corrected chi connectivity index (χ0v) is 18.8. The minimum absolute atomic E-state index is 0.0631. The number of nitrogens with two attached hydrogens (primary N) is 1. The number of hydrogen-bond donors (Lipinski definition) is 3. The number of carbonyl (C=O) groups is 2. The summed E-state index contributed by atoms with van der Waals surface area (Å²) in [6, 6.07) is 11.4. The molecule has 4 atom stereocenters. The smallest absolute Gasteiger partial charge is 0.354 e. The Hall–Kier alpha value is -3.15. The highest BCUT2D eigenvalue weighted by atomic mass is 35.5. The molecule has 2 aromatic carbocycles. The molecular formula is C22H18Cl2N4O6. The number of nitrogens with zero attached hydrogens (tertiary/aromatic N) is 3. The summed E-state index contributed by atoms with van der Waals surface area (Å²) in [5.41, 5.74) is 2.33. The maximum atomic E-state index is 13.4. The van der Waals surface area contributed by atoms with Crippen LogP contribution >= 0.6 is 23.2 Å². The maximum Gasteiger partial charge on any atom is 0.354 e. The summed E-state index contributed by atoms with van der Waals surface area (Å²) in [6.45, 7) is 0. The van der Waals surface area contributed by atoms with Crippen molar-refractivity contribution in [1.82, 2.24) is 14.5 Å². The lowest BCUT2D eigenvalue weighted by Crippen LogP contribution is -2.53. The van der Waals surface area contributed by atoms with E-state index in [4.69, 9.17) is 33.7 Å². The molecule has 1 fully saturated rings. The van der Waals surface area contributed by atoms with Crippen LogP contribution < -0.4 is 11.4 Å². The summed E-state index contributed by atoms with van der Waals surface area (Å²) in [7, 11) is 0. The van der Waals surface area contributed by atoms with Crippen LogP contribution in [0.15, 0.2) is 59.7 Å². The van der Waals surface area contributed by atoms with Gasteiger partial charge in [-0.15, -0.1) is 0 Å². The Morgan fingerprint density at radius 2 is 1.65 bits per heavy atom. The average molecular weight is 505 g/mol. The molecule has 1 aliphatic rings. The van der Waals surface area contributed by atoms with Crippen LogP contribution in [0.25, 0.3) is 0 Å². The van der Waals surface area contributed by atoms with Crippen LogP contribution in [-0.4, -0.2) is 54.1 Å². The van der Waals surface area contributed by atoms with Crippen molar-refractivity contribution in [3.63, 3.8) is 0 Å². The zero-order valence-electron chi connectivity index (χ0n) is 17.3. The largest absolute Gasteiger partial charge is 0.382 e. The lowest BCUT2D eigenvalue weighted by molar-refractivity contribution is -0.0917. The Balaban J connectivity index is 1.74. The molecule has 176 valence electrons. The van der Waals surface area contributed by atoms with Gasteiger partial charge < -0.3 is 20.7 Å². The minimum atomic E-state index is -2.39. The number of rotatable bonds is 6.